The number of nitrogens with zero attached hydrogens (tertiary/aromatic N) is 1. The fourth-order valence-corrected chi connectivity index (χ4v) is 4.35. The molecule has 0 aliphatic carbocycles. The van der Waals surface area contributed by atoms with Crippen molar-refractivity contribution in [1.82, 2.24) is 0 Å². The zero-order chi connectivity index (χ0) is 27.4. The van der Waals surface area contributed by atoms with Crippen LogP contribution in [-0.2, 0) is 21.9 Å². The van der Waals surface area contributed by atoms with Crippen molar-refractivity contribution in [2.45, 2.75) is 53.4 Å². The first-order valence-corrected chi connectivity index (χ1v) is 11.4. The number of hydrogen-bond acceptors (Lipinski definition) is 2. The van der Waals surface area contributed by atoms with Crippen molar-refractivity contribution in [2.24, 2.45) is 17.8 Å². The second-order valence-electron chi connectivity index (χ2n) is 9.42. The van der Waals surface area contributed by atoms with Crippen LogP contribution in [0.25, 0.3) is 0 Å². The number of para-hydroxylation sites is 1. The molecular weight excluding hydrogens is 486 g/mol. The van der Waals surface area contributed by atoms with Crippen molar-refractivity contribution in [3.63, 3.8) is 0 Å². The molecule has 1 fully saturated rings. The van der Waals surface area contributed by atoms with E-state index < -0.39 is 29.2 Å². The van der Waals surface area contributed by atoms with E-state index in [0.717, 1.165) is 18.7 Å². The predicted molar refractivity (Wildman–Crippen MR) is 127 cm³/mol. The summed E-state index contributed by atoms with van der Waals surface area (Å²) in [5.41, 5.74) is 0.0117. The summed E-state index contributed by atoms with van der Waals surface area (Å²) in [6, 6.07) is 7.07. The smallest absolute Gasteiger partial charge is 0.329 e. The van der Waals surface area contributed by atoms with E-state index in [1.54, 1.807) is 5.32 Å². The van der Waals surface area contributed by atoms with Crippen LogP contribution < -0.4 is 10.2 Å². The van der Waals surface area contributed by atoms with E-state index in [1.807, 2.05) is 4.90 Å². The first kappa shape index (κ1) is 29.2. The summed E-state index contributed by atoms with van der Waals surface area (Å²) < 4.78 is 73.8. The van der Waals surface area contributed by atoms with Gasteiger partial charge in [0, 0.05) is 23.8 Å². The molecule has 0 saturated carbocycles. The molecule has 2 unspecified atom stereocenters. The summed E-state index contributed by atoms with van der Waals surface area (Å²) >= 11 is 0. The molecular formula is C26H30F6N2O2. The van der Waals surface area contributed by atoms with Crippen LogP contribution in [0.4, 0.5) is 37.7 Å². The molecule has 1 N–H and O–H groups in total. The summed E-state index contributed by atoms with van der Waals surface area (Å²) in [6.45, 7) is 11.6. The third kappa shape index (κ3) is 7.24. The van der Waals surface area contributed by atoms with Crippen LogP contribution in [0.1, 0.15) is 49.4 Å². The maximum atomic E-state index is 12.5. The summed E-state index contributed by atoms with van der Waals surface area (Å²) in [7, 11) is 0. The second-order valence-corrected chi connectivity index (χ2v) is 9.42. The first-order chi connectivity index (χ1) is 16.6. The van der Waals surface area contributed by atoms with Crippen LogP contribution in [0.15, 0.2) is 36.4 Å². The van der Waals surface area contributed by atoms with Gasteiger partial charge in [0.05, 0.1) is 11.1 Å². The predicted octanol–water partition coefficient (Wildman–Crippen LogP) is 7.24. The van der Waals surface area contributed by atoms with Crippen molar-refractivity contribution in [2.75, 3.05) is 16.8 Å². The number of benzene rings is 2. The number of hydrogen-bond donors (Lipinski definition) is 1. The largest absolute Gasteiger partial charge is 0.416 e. The third-order valence-electron chi connectivity index (χ3n) is 6.08. The number of amides is 2. The normalized spacial score (nSPS) is 18.2. The zero-order valence-corrected chi connectivity index (χ0v) is 20.7. The number of nitrogens with one attached hydrogen (secondary N) is 1. The molecule has 1 saturated heterocycles. The topological polar surface area (TPSA) is 49.4 Å². The number of rotatable bonds is 5. The lowest BCUT2D eigenvalue weighted by atomic mass is 9.89. The van der Waals surface area contributed by atoms with E-state index in [2.05, 4.69) is 52.8 Å². The molecule has 2 atom stereocenters. The molecule has 2 amide bonds. The van der Waals surface area contributed by atoms with E-state index in [4.69, 9.17) is 0 Å². The van der Waals surface area contributed by atoms with E-state index in [0.29, 0.717) is 29.9 Å². The average molecular weight is 517 g/mol. The van der Waals surface area contributed by atoms with Crippen LogP contribution in [-0.4, -0.2) is 18.9 Å². The minimum absolute atomic E-state index is 0.00432. The molecule has 10 heteroatoms. The van der Waals surface area contributed by atoms with Gasteiger partial charge in [-0.25, -0.2) is 0 Å². The number of halogens is 6. The van der Waals surface area contributed by atoms with Crippen molar-refractivity contribution < 1.29 is 35.9 Å². The quantitative estimate of drug-likeness (QED) is 0.336. The van der Waals surface area contributed by atoms with Gasteiger partial charge in [-0.15, -0.1) is 0 Å². The zero-order valence-electron chi connectivity index (χ0n) is 20.7. The Morgan fingerprint density at radius 2 is 1.50 bits per heavy atom. The number of carbonyl (C=O) groups excluding carboxylic acids is 2. The van der Waals surface area contributed by atoms with Gasteiger partial charge in [0.1, 0.15) is 0 Å². The van der Waals surface area contributed by atoms with Crippen LogP contribution in [0.5, 0.6) is 0 Å². The van der Waals surface area contributed by atoms with E-state index in [-0.39, 0.29) is 18.4 Å². The Balaban J connectivity index is 0.000000255. The lowest BCUT2D eigenvalue weighted by Gasteiger charge is -2.21. The Morgan fingerprint density at radius 1 is 1.00 bits per heavy atom. The highest BCUT2D eigenvalue weighted by atomic mass is 19.4. The molecule has 0 spiro atoms. The fourth-order valence-electron chi connectivity index (χ4n) is 4.35. The van der Waals surface area contributed by atoms with Crippen LogP contribution in [0.3, 0.4) is 0 Å². The maximum Gasteiger partial charge on any atom is 0.416 e. The minimum Gasteiger partial charge on any atom is -0.329 e. The summed E-state index contributed by atoms with van der Waals surface area (Å²) in [5.74, 6) is 1.59. The Morgan fingerprint density at radius 3 is 1.92 bits per heavy atom. The summed E-state index contributed by atoms with van der Waals surface area (Å²) in [5, 5.41) is 1.75. The van der Waals surface area contributed by atoms with Crippen molar-refractivity contribution in [1.29, 1.82) is 0 Å². The molecule has 0 aromatic heterocycles. The molecule has 36 heavy (non-hydrogen) atoms. The first-order valence-electron chi connectivity index (χ1n) is 11.4. The summed E-state index contributed by atoms with van der Waals surface area (Å²) in [6.07, 6.45) is -8.70. The maximum absolute atomic E-state index is 12.5. The molecule has 1 aliphatic rings. The third-order valence-corrected chi connectivity index (χ3v) is 6.08. The Bertz CT molecular complexity index is 1030. The van der Waals surface area contributed by atoms with Gasteiger partial charge in [-0.05, 0) is 61.4 Å². The molecule has 0 radical (unpaired) electrons. The molecule has 1 heterocycles. The summed E-state index contributed by atoms with van der Waals surface area (Å²) in [4.78, 5) is 24.6. The fraction of sp³-hybridized carbons (Fsp3) is 0.462. The highest BCUT2D eigenvalue weighted by molar-refractivity contribution is 5.98. The van der Waals surface area contributed by atoms with Crippen molar-refractivity contribution in [3.8, 4) is 0 Å². The number of aryl methyl sites for hydroxylation is 2. The second kappa shape index (κ2) is 11.3. The van der Waals surface area contributed by atoms with Gasteiger partial charge < -0.3 is 10.2 Å². The molecule has 0 bridgehead atoms. The minimum atomic E-state index is -4.92. The molecule has 1 aliphatic heterocycles. The van der Waals surface area contributed by atoms with Gasteiger partial charge in [-0.1, -0.05) is 39.0 Å². The number of anilines is 2. The molecule has 4 nitrogen and oxygen atoms in total. The Kier molecular flexibility index (Phi) is 9.20. The standard InChI is InChI=1S/C17H25NO.C9H5F6NO/c1-11(2)9-15-10-18(17(19)14(15)5)16-12(3)7-6-8-13(16)4;10-8(11,12)5-1-6(9(13,14)15)3-7(2-5)16-4-17/h6-8,11,14-15H,9-10H2,1-5H3;1-4H,(H,16,17). The highest BCUT2D eigenvalue weighted by Crippen LogP contribution is 2.38. The van der Waals surface area contributed by atoms with Gasteiger partial charge in [0.2, 0.25) is 12.3 Å². The van der Waals surface area contributed by atoms with Crippen LogP contribution in [0, 0.1) is 31.6 Å². The van der Waals surface area contributed by atoms with Crippen LogP contribution >= 0.6 is 0 Å². The SMILES string of the molecule is Cc1cccc(C)c1N1CC(CC(C)C)C(C)C1=O.O=CNc1cc(C(F)(F)F)cc(C(F)(F)F)c1. The van der Waals surface area contributed by atoms with E-state index in [9.17, 15) is 35.9 Å². The molecule has 2 aromatic rings. The lowest BCUT2D eigenvalue weighted by molar-refractivity contribution is -0.143. The lowest BCUT2D eigenvalue weighted by Crippen LogP contribution is -2.27. The molecule has 2 aromatic carbocycles. The van der Waals surface area contributed by atoms with Crippen LogP contribution in [0.2, 0.25) is 0 Å². The van der Waals surface area contributed by atoms with Crippen molar-refractivity contribution in [3.05, 3.63) is 58.7 Å². The van der Waals surface area contributed by atoms with E-state index in [1.165, 1.54) is 11.1 Å². The van der Waals surface area contributed by atoms with Gasteiger partial charge in [0.15, 0.2) is 0 Å². The molecule has 3 rings (SSSR count). The highest BCUT2D eigenvalue weighted by Gasteiger charge is 2.39. The van der Waals surface area contributed by atoms with E-state index >= 15 is 0 Å². The van der Waals surface area contributed by atoms with Gasteiger partial charge in [-0.3, -0.25) is 9.59 Å². The number of carbonyl (C=O) groups is 2. The molecule has 198 valence electrons. The van der Waals surface area contributed by atoms with Crippen molar-refractivity contribution >= 4 is 23.7 Å². The average Bonchev–Trinajstić information content (AvgIpc) is 3.01. The van der Waals surface area contributed by atoms with Gasteiger partial charge in [-0.2, -0.15) is 26.3 Å². The Hall–Kier alpha value is -3.04. The monoisotopic (exact) mass is 516 g/mol. The Labute approximate surface area is 206 Å². The number of alkyl halides is 6. The van der Waals surface area contributed by atoms with Gasteiger partial charge >= 0.3 is 12.4 Å². The van der Waals surface area contributed by atoms with Gasteiger partial charge in [0.25, 0.3) is 0 Å².